The highest BCUT2D eigenvalue weighted by Crippen LogP contribution is 2.40. The van der Waals surface area contributed by atoms with E-state index in [9.17, 15) is 0 Å². The maximum Gasteiger partial charge on any atom is 0.153 e. The van der Waals surface area contributed by atoms with Crippen molar-refractivity contribution in [2.24, 2.45) is 4.99 Å². The normalized spacial score (nSPS) is 22.0. The van der Waals surface area contributed by atoms with Crippen molar-refractivity contribution in [3.05, 3.63) is 88.9 Å². The third-order valence-corrected chi connectivity index (χ3v) is 6.94. The van der Waals surface area contributed by atoms with Gasteiger partial charge in [-0.25, -0.2) is 4.99 Å². The molecule has 3 aliphatic heterocycles. The van der Waals surface area contributed by atoms with E-state index in [0.29, 0.717) is 17.7 Å². The first-order valence-corrected chi connectivity index (χ1v) is 11.9. The zero-order valence-corrected chi connectivity index (χ0v) is 19.1. The smallest absolute Gasteiger partial charge is 0.153 e. The predicted octanol–water partition coefficient (Wildman–Crippen LogP) is 5.50. The number of ether oxygens (including phenoxy) is 2. The highest BCUT2D eigenvalue weighted by molar-refractivity contribution is 6.31. The van der Waals surface area contributed by atoms with Crippen molar-refractivity contribution in [2.45, 2.75) is 25.2 Å². The molecule has 3 aromatic rings. The Morgan fingerprint density at radius 3 is 2.70 bits per heavy atom. The summed E-state index contributed by atoms with van der Waals surface area (Å²) in [5.74, 6) is 2.52. The Labute approximate surface area is 199 Å². The molecule has 3 heterocycles. The van der Waals surface area contributed by atoms with Gasteiger partial charge in [-0.2, -0.15) is 0 Å². The van der Waals surface area contributed by atoms with Gasteiger partial charge in [-0.1, -0.05) is 54.1 Å². The molecule has 168 valence electrons. The number of nitrogens with zero attached hydrogens (tertiary/aromatic N) is 3. The topological polar surface area (TPSA) is 37.3 Å². The lowest BCUT2D eigenvalue weighted by molar-refractivity contribution is 0.0465. The molecule has 0 N–H and O–H groups in total. The molecule has 2 atom stereocenters. The molecular formula is C27H26ClN3O2. The third-order valence-electron chi connectivity index (χ3n) is 6.70. The van der Waals surface area contributed by atoms with Crippen LogP contribution in [-0.4, -0.2) is 54.0 Å². The highest BCUT2D eigenvalue weighted by Gasteiger charge is 2.38. The Morgan fingerprint density at radius 1 is 0.939 bits per heavy atom. The van der Waals surface area contributed by atoms with Crippen molar-refractivity contribution in [3.63, 3.8) is 0 Å². The molecule has 0 radical (unpaired) electrons. The number of hydrogen-bond acceptors (Lipinski definition) is 5. The van der Waals surface area contributed by atoms with Gasteiger partial charge in [0.1, 0.15) is 17.3 Å². The second-order valence-corrected chi connectivity index (χ2v) is 9.33. The van der Waals surface area contributed by atoms with Gasteiger partial charge in [-0.3, -0.25) is 4.90 Å². The Kier molecular flexibility index (Phi) is 5.54. The fourth-order valence-electron chi connectivity index (χ4n) is 5.04. The zero-order valence-electron chi connectivity index (χ0n) is 18.4. The van der Waals surface area contributed by atoms with Gasteiger partial charge in [0.15, 0.2) is 5.75 Å². The summed E-state index contributed by atoms with van der Waals surface area (Å²) in [4.78, 5) is 10.0. The molecule has 0 amide bonds. The third kappa shape index (κ3) is 4.24. The molecule has 0 saturated carbocycles. The predicted molar refractivity (Wildman–Crippen MR) is 131 cm³/mol. The van der Waals surface area contributed by atoms with E-state index in [0.717, 1.165) is 61.2 Å². The van der Waals surface area contributed by atoms with E-state index in [1.165, 1.54) is 5.56 Å². The van der Waals surface area contributed by atoms with Crippen LogP contribution in [0, 0.1) is 0 Å². The van der Waals surface area contributed by atoms with Crippen LogP contribution < -0.4 is 4.74 Å². The van der Waals surface area contributed by atoms with Crippen molar-refractivity contribution in [3.8, 4) is 11.5 Å². The molecule has 0 aromatic heterocycles. The molecule has 0 aliphatic carbocycles. The first kappa shape index (κ1) is 20.7. The summed E-state index contributed by atoms with van der Waals surface area (Å²) >= 11 is 6.28. The van der Waals surface area contributed by atoms with E-state index in [2.05, 4.69) is 40.1 Å². The van der Waals surface area contributed by atoms with E-state index >= 15 is 0 Å². The Morgan fingerprint density at radius 2 is 1.79 bits per heavy atom. The number of amidine groups is 1. The van der Waals surface area contributed by atoms with E-state index in [1.807, 2.05) is 42.5 Å². The zero-order chi connectivity index (χ0) is 22.2. The van der Waals surface area contributed by atoms with E-state index in [1.54, 1.807) is 0 Å². The summed E-state index contributed by atoms with van der Waals surface area (Å²) in [7, 11) is 0. The van der Waals surface area contributed by atoms with Crippen LogP contribution in [0.1, 0.15) is 17.5 Å². The minimum atomic E-state index is 0.265. The van der Waals surface area contributed by atoms with E-state index in [-0.39, 0.29) is 6.10 Å². The summed E-state index contributed by atoms with van der Waals surface area (Å²) in [5, 5.41) is 0.658. The second kappa shape index (κ2) is 8.82. The number of halogens is 1. The molecule has 33 heavy (non-hydrogen) atoms. The largest absolute Gasteiger partial charge is 0.454 e. The fraction of sp³-hybridized carbons (Fsp3) is 0.296. The molecule has 2 fully saturated rings. The van der Waals surface area contributed by atoms with Crippen LogP contribution in [0.25, 0.3) is 0 Å². The first-order valence-electron chi connectivity index (χ1n) is 11.5. The van der Waals surface area contributed by atoms with Crippen LogP contribution in [0.4, 0.5) is 5.69 Å². The lowest BCUT2D eigenvalue weighted by atomic mass is 10.1. The molecule has 6 rings (SSSR count). The van der Waals surface area contributed by atoms with Crippen LogP contribution in [0.15, 0.2) is 77.8 Å². The van der Waals surface area contributed by atoms with Crippen LogP contribution in [0.3, 0.4) is 0 Å². The maximum atomic E-state index is 6.28. The number of benzene rings is 3. The minimum absolute atomic E-state index is 0.265. The average molecular weight is 460 g/mol. The van der Waals surface area contributed by atoms with Gasteiger partial charge in [-0.05, 0) is 42.3 Å². The van der Waals surface area contributed by atoms with Crippen LogP contribution in [0.5, 0.6) is 11.5 Å². The van der Waals surface area contributed by atoms with Crippen molar-refractivity contribution in [2.75, 3.05) is 26.2 Å². The molecule has 6 heteroatoms. The highest BCUT2D eigenvalue weighted by atomic mass is 35.5. The molecule has 0 bridgehead atoms. The quantitative estimate of drug-likeness (QED) is 0.518. The Balaban J connectivity index is 1.22. The van der Waals surface area contributed by atoms with Gasteiger partial charge in [-0.15, -0.1) is 0 Å². The number of aliphatic imine (C=N–C) groups is 1. The van der Waals surface area contributed by atoms with Crippen molar-refractivity contribution in [1.82, 2.24) is 9.80 Å². The summed E-state index contributed by atoms with van der Waals surface area (Å²) < 4.78 is 12.5. The maximum absolute atomic E-state index is 6.28. The standard InChI is InChI=1S/C27H26ClN3O2/c28-20-10-11-26-24(14-20)29-27(23-8-4-5-9-25(23)33-26)31-13-12-30-17-22(15-21(30)16-31)32-18-19-6-2-1-3-7-19/h1-11,14,21-22H,12-13,15-18H2/t21-,22?/m0/s1. The molecule has 0 spiro atoms. The van der Waals surface area contributed by atoms with Gasteiger partial charge in [0, 0.05) is 37.2 Å². The van der Waals surface area contributed by atoms with Crippen molar-refractivity contribution in [1.29, 1.82) is 0 Å². The van der Waals surface area contributed by atoms with Gasteiger partial charge in [0.2, 0.25) is 0 Å². The molecule has 5 nitrogen and oxygen atoms in total. The van der Waals surface area contributed by atoms with Gasteiger partial charge >= 0.3 is 0 Å². The summed E-state index contributed by atoms with van der Waals surface area (Å²) in [5.41, 5.74) is 3.02. The van der Waals surface area contributed by atoms with Crippen LogP contribution >= 0.6 is 11.6 Å². The minimum Gasteiger partial charge on any atom is -0.454 e. The van der Waals surface area contributed by atoms with Gasteiger partial charge in [0.05, 0.1) is 18.3 Å². The molecule has 3 aromatic carbocycles. The molecule has 2 saturated heterocycles. The Hall–Kier alpha value is -2.86. The van der Waals surface area contributed by atoms with Crippen molar-refractivity contribution < 1.29 is 9.47 Å². The number of rotatable bonds is 3. The SMILES string of the molecule is Clc1ccc2c(c1)N=C(N1CCN3CC(OCc4ccccc4)C[C@H]3C1)c1ccccc1O2. The van der Waals surface area contributed by atoms with E-state index in [4.69, 9.17) is 26.1 Å². The molecule has 3 aliphatic rings. The van der Waals surface area contributed by atoms with Crippen LogP contribution in [0.2, 0.25) is 5.02 Å². The number of hydrogen-bond donors (Lipinski definition) is 0. The lowest BCUT2D eigenvalue weighted by Crippen LogP contribution is -2.52. The molecule has 1 unspecified atom stereocenters. The Bertz CT molecular complexity index is 1180. The summed E-state index contributed by atoms with van der Waals surface area (Å²) in [6, 6.07) is 24.6. The number of para-hydroxylation sites is 1. The number of piperazine rings is 1. The summed E-state index contributed by atoms with van der Waals surface area (Å²) in [6.45, 7) is 4.51. The lowest BCUT2D eigenvalue weighted by Gasteiger charge is -2.39. The number of fused-ring (bicyclic) bond motifs is 3. The average Bonchev–Trinajstić information content (AvgIpc) is 3.18. The van der Waals surface area contributed by atoms with Crippen molar-refractivity contribution >= 4 is 23.1 Å². The second-order valence-electron chi connectivity index (χ2n) is 8.89. The van der Waals surface area contributed by atoms with Gasteiger partial charge in [0.25, 0.3) is 0 Å². The van der Waals surface area contributed by atoms with E-state index < -0.39 is 0 Å². The van der Waals surface area contributed by atoms with Gasteiger partial charge < -0.3 is 14.4 Å². The first-order chi connectivity index (χ1) is 16.2. The van der Waals surface area contributed by atoms with Crippen LogP contribution in [-0.2, 0) is 11.3 Å². The fourth-order valence-corrected chi connectivity index (χ4v) is 5.20. The molecular weight excluding hydrogens is 434 g/mol. The monoisotopic (exact) mass is 459 g/mol. The summed E-state index contributed by atoms with van der Waals surface area (Å²) in [6.07, 6.45) is 1.30.